The zero-order valence-electron chi connectivity index (χ0n) is 15.1. The summed E-state index contributed by atoms with van der Waals surface area (Å²) >= 11 is 0. The minimum absolute atomic E-state index is 0. The topological polar surface area (TPSA) is 115 Å². The molecule has 132 valence electrons. The summed E-state index contributed by atoms with van der Waals surface area (Å²) in [7, 11) is -4.67. The van der Waals surface area contributed by atoms with Crippen molar-refractivity contribution in [1.82, 2.24) is 0 Å². The molecule has 0 aromatic rings. The van der Waals surface area contributed by atoms with Crippen LogP contribution in [0.15, 0.2) is 0 Å². The Labute approximate surface area is 159 Å². The Morgan fingerprint density at radius 1 is 0.864 bits per heavy atom. The van der Waals surface area contributed by atoms with Gasteiger partial charge in [-0.05, 0) is 6.42 Å². The molecule has 0 spiro atoms. The van der Waals surface area contributed by atoms with Gasteiger partial charge in [0.1, 0.15) is 0 Å². The third-order valence-electron chi connectivity index (χ3n) is 3.10. The Morgan fingerprint density at radius 2 is 1.18 bits per heavy atom. The van der Waals surface area contributed by atoms with Gasteiger partial charge < -0.3 is 11.6 Å². The van der Waals surface area contributed by atoms with Crippen molar-refractivity contribution >= 4 is 10.4 Å². The van der Waals surface area contributed by atoms with E-state index < -0.39 is 16.5 Å². The molecule has 0 radical (unpaired) electrons. The fourth-order valence-corrected chi connectivity index (χ4v) is 1.96. The molecule has 0 rings (SSSR count). The van der Waals surface area contributed by atoms with Crippen LogP contribution in [0.5, 0.6) is 0 Å². The quantitative estimate of drug-likeness (QED) is 0.225. The molecular weight excluding hydrogens is 319 g/mol. The first-order valence-corrected chi connectivity index (χ1v) is 9.19. The molecular formula is C14H33NaO6S. The third kappa shape index (κ3) is 37.2. The van der Waals surface area contributed by atoms with Crippen LogP contribution < -0.4 is 29.6 Å². The smallest absolute Gasteiger partial charge is 1.00 e. The zero-order chi connectivity index (χ0) is 16.6. The zero-order valence-corrected chi connectivity index (χ0v) is 16.9. The van der Waals surface area contributed by atoms with E-state index in [1.807, 2.05) is 0 Å². The predicted octanol–water partition coefficient (Wildman–Crippen LogP) is 0.114. The maximum Gasteiger partial charge on any atom is 1.00 e. The number of hydrogen-bond acceptors (Lipinski definition) is 4. The van der Waals surface area contributed by atoms with Crippen LogP contribution in [0.2, 0.25) is 0 Å². The second-order valence-electron chi connectivity index (χ2n) is 5.25. The van der Waals surface area contributed by atoms with Crippen LogP contribution in [0.1, 0.15) is 79.0 Å². The second-order valence-corrected chi connectivity index (χ2v) is 6.15. The van der Waals surface area contributed by atoms with Crippen molar-refractivity contribution in [2.45, 2.75) is 83.7 Å². The van der Waals surface area contributed by atoms with Crippen LogP contribution >= 0.6 is 0 Å². The van der Waals surface area contributed by atoms with Crippen molar-refractivity contribution in [3.05, 3.63) is 0 Å². The van der Waals surface area contributed by atoms with Gasteiger partial charge in [0.2, 0.25) is 0 Å². The minimum atomic E-state index is -4.67. The van der Waals surface area contributed by atoms with E-state index in [0.29, 0.717) is 0 Å². The van der Waals surface area contributed by atoms with E-state index >= 15 is 0 Å². The molecule has 0 aliphatic rings. The summed E-state index contributed by atoms with van der Waals surface area (Å²) in [4.78, 5) is 0. The van der Waals surface area contributed by atoms with Crippen LogP contribution in [0, 0.1) is 0 Å². The molecule has 0 aliphatic carbocycles. The fraction of sp³-hybridized carbons (Fsp3) is 1.00. The summed E-state index contributed by atoms with van der Waals surface area (Å²) in [6.45, 7) is 2.16. The molecule has 6 nitrogen and oxygen atoms in total. The molecule has 0 fully saturated rings. The maximum absolute atomic E-state index is 9.13. The monoisotopic (exact) mass is 352 g/mol. The normalized spacial score (nSPS) is 12.0. The van der Waals surface area contributed by atoms with Gasteiger partial charge in [-0.1, -0.05) is 71.1 Å². The van der Waals surface area contributed by atoms with E-state index in [-0.39, 0.29) is 37.6 Å². The molecule has 1 atom stereocenters. The van der Waals surface area contributed by atoms with Crippen LogP contribution in [-0.2, 0) is 10.4 Å². The van der Waals surface area contributed by atoms with E-state index in [2.05, 4.69) is 6.92 Å². The van der Waals surface area contributed by atoms with Crippen LogP contribution in [-0.4, -0.2) is 40.4 Å². The molecule has 0 saturated carbocycles. The number of aliphatic hydroxyl groups is 2. The van der Waals surface area contributed by atoms with Crippen LogP contribution in [0.25, 0.3) is 0 Å². The molecule has 0 aromatic heterocycles. The Hall–Kier alpha value is 0.790. The first-order chi connectivity index (χ1) is 9.81. The van der Waals surface area contributed by atoms with E-state index in [0.717, 1.165) is 12.8 Å². The third-order valence-corrected chi connectivity index (χ3v) is 3.10. The van der Waals surface area contributed by atoms with Crippen LogP contribution in [0.4, 0.5) is 0 Å². The van der Waals surface area contributed by atoms with Gasteiger partial charge in [-0.25, -0.2) is 0 Å². The summed E-state index contributed by atoms with van der Waals surface area (Å²) in [5, 5.41) is 17.8. The van der Waals surface area contributed by atoms with Crippen molar-refractivity contribution in [3.8, 4) is 0 Å². The number of rotatable bonds is 12. The number of hydrogen-bond donors (Lipinski definition) is 4. The molecule has 0 bridgehead atoms. The van der Waals surface area contributed by atoms with Gasteiger partial charge in [-0.2, -0.15) is 8.42 Å². The predicted molar refractivity (Wildman–Crippen MR) is 84.8 cm³/mol. The number of aliphatic hydroxyl groups excluding tert-OH is 2. The van der Waals surface area contributed by atoms with E-state index in [1.54, 1.807) is 0 Å². The summed E-state index contributed by atoms with van der Waals surface area (Å²) in [5.41, 5.74) is 0. The summed E-state index contributed by atoms with van der Waals surface area (Å²) in [6.07, 6.45) is 13.4. The average Bonchev–Trinajstić information content (AvgIpc) is 2.38. The first kappa shape index (κ1) is 27.6. The molecule has 0 aliphatic heterocycles. The van der Waals surface area contributed by atoms with Gasteiger partial charge in [-0.15, -0.1) is 0 Å². The van der Waals surface area contributed by atoms with E-state index in [4.69, 9.17) is 27.7 Å². The molecule has 8 heteroatoms. The maximum atomic E-state index is 9.13. The largest absolute Gasteiger partial charge is 1.00 e. The van der Waals surface area contributed by atoms with Crippen molar-refractivity contribution < 1.29 is 58.7 Å². The van der Waals surface area contributed by atoms with Gasteiger partial charge in [0, 0.05) is 0 Å². The van der Waals surface area contributed by atoms with Crippen molar-refractivity contribution in [2.75, 3.05) is 6.61 Å². The average molecular weight is 352 g/mol. The SMILES string of the molecule is CCCCCCCCCCCCC(O)CO.O=S(=O)(O)O.[H-].[Na+]. The second kappa shape index (κ2) is 19.8. The van der Waals surface area contributed by atoms with Gasteiger partial charge in [0.25, 0.3) is 0 Å². The van der Waals surface area contributed by atoms with Crippen molar-refractivity contribution in [1.29, 1.82) is 0 Å². The Kier molecular flexibility index (Phi) is 24.9. The fourth-order valence-electron chi connectivity index (χ4n) is 1.96. The van der Waals surface area contributed by atoms with Crippen molar-refractivity contribution in [3.63, 3.8) is 0 Å². The Bertz CT molecular complexity index is 296. The number of unbranched alkanes of at least 4 members (excludes halogenated alkanes) is 9. The Morgan fingerprint density at radius 3 is 1.50 bits per heavy atom. The van der Waals surface area contributed by atoms with Crippen LogP contribution in [0.3, 0.4) is 0 Å². The first-order valence-electron chi connectivity index (χ1n) is 7.80. The molecule has 22 heavy (non-hydrogen) atoms. The van der Waals surface area contributed by atoms with Gasteiger partial charge in [-0.3, -0.25) is 9.11 Å². The molecule has 1 unspecified atom stereocenters. The van der Waals surface area contributed by atoms with Crippen molar-refractivity contribution in [2.24, 2.45) is 0 Å². The van der Waals surface area contributed by atoms with Gasteiger partial charge >= 0.3 is 40.0 Å². The molecule has 0 aromatic carbocycles. The summed E-state index contributed by atoms with van der Waals surface area (Å²) in [6, 6.07) is 0. The molecule has 4 N–H and O–H groups in total. The Balaban J connectivity index is -0.000000225. The van der Waals surface area contributed by atoms with E-state index in [1.165, 1.54) is 57.8 Å². The standard InChI is InChI=1S/C14H30O2.Na.H2O4S.H/c1-2-3-4-5-6-7-8-9-10-11-12-14(16)13-15;;1-5(2,3)4;/h14-16H,2-13H2,1H3;;(H2,1,2,3,4);/q;+1;;-1. The molecule has 0 saturated heterocycles. The summed E-state index contributed by atoms with van der Waals surface area (Å²) in [5.74, 6) is 0. The molecule has 0 heterocycles. The summed E-state index contributed by atoms with van der Waals surface area (Å²) < 4.78 is 31.6. The molecule has 0 amide bonds. The minimum Gasteiger partial charge on any atom is -1.00 e. The van der Waals surface area contributed by atoms with Gasteiger partial charge in [0.05, 0.1) is 12.7 Å². The van der Waals surface area contributed by atoms with Gasteiger partial charge in [0.15, 0.2) is 0 Å². The van der Waals surface area contributed by atoms with E-state index in [9.17, 15) is 0 Å².